The molecule has 0 spiro atoms. The maximum atomic E-state index is 14.7. The summed E-state index contributed by atoms with van der Waals surface area (Å²) in [6.45, 7) is 0. The van der Waals surface area contributed by atoms with E-state index >= 15 is 0 Å². The number of alkyl halides is 2. The number of hydrogen-bond acceptors (Lipinski definition) is 6. The lowest BCUT2D eigenvalue weighted by atomic mass is 9.82. The Morgan fingerprint density at radius 2 is 2.03 bits per heavy atom. The molecule has 1 aliphatic carbocycles. The van der Waals surface area contributed by atoms with E-state index in [4.69, 9.17) is 4.74 Å². The summed E-state index contributed by atoms with van der Waals surface area (Å²) in [5.74, 6) is -4.43. The minimum absolute atomic E-state index is 0.0248. The van der Waals surface area contributed by atoms with Crippen molar-refractivity contribution in [3.63, 3.8) is 0 Å². The molecule has 2 aromatic heterocycles. The summed E-state index contributed by atoms with van der Waals surface area (Å²) in [4.78, 5) is 6.79. The van der Waals surface area contributed by atoms with Crippen molar-refractivity contribution < 1.29 is 26.3 Å². The zero-order chi connectivity index (χ0) is 22.9. The molecule has 0 amide bonds. The highest BCUT2D eigenvalue weighted by Crippen LogP contribution is 2.43. The minimum Gasteiger partial charge on any atom is -0.489 e. The quantitative estimate of drug-likeness (QED) is 0.596. The molecule has 1 fully saturated rings. The zero-order valence-corrected chi connectivity index (χ0v) is 17.8. The molecule has 0 radical (unpaired) electrons. The van der Waals surface area contributed by atoms with E-state index in [2.05, 4.69) is 19.8 Å². The van der Waals surface area contributed by atoms with E-state index in [0.29, 0.717) is 0 Å². The van der Waals surface area contributed by atoms with Crippen LogP contribution in [0.25, 0.3) is 0 Å². The van der Waals surface area contributed by atoms with E-state index in [9.17, 15) is 21.6 Å². The Balaban J connectivity index is 1.57. The molecule has 1 aliphatic rings. The third kappa shape index (κ3) is 4.69. The lowest BCUT2D eigenvalue weighted by molar-refractivity contribution is -0.0781. The van der Waals surface area contributed by atoms with Gasteiger partial charge in [-0.05, 0) is 30.7 Å². The molecule has 1 N–H and O–H groups in total. The predicted molar refractivity (Wildman–Crippen MR) is 108 cm³/mol. The van der Waals surface area contributed by atoms with Crippen LogP contribution in [0.3, 0.4) is 0 Å². The highest BCUT2D eigenvalue weighted by Gasteiger charge is 2.44. The summed E-state index contributed by atoms with van der Waals surface area (Å²) in [7, 11) is -2.56. The SMILES string of the molecule is Cn1nccc1C1CCC(F)(F)CC1Oc1ccc(S(=O)(=O)Nc2ccncn2)c(F)c1. The van der Waals surface area contributed by atoms with Crippen LogP contribution in [-0.4, -0.2) is 40.2 Å². The lowest BCUT2D eigenvalue weighted by Crippen LogP contribution is -2.39. The Bertz CT molecular complexity index is 1200. The van der Waals surface area contributed by atoms with Crippen LogP contribution in [0.5, 0.6) is 5.75 Å². The van der Waals surface area contributed by atoms with Crippen LogP contribution >= 0.6 is 0 Å². The van der Waals surface area contributed by atoms with Gasteiger partial charge in [0.2, 0.25) is 0 Å². The number of nitrogens with one attached hydrogen (secondary N) is 1. The van der Waals surface area contributed by atoms with E-state index in [-0.39, 0.29) is 30.3 Å². The molecule has 2 heterocycles. The van der Waals surface area contributed by atoms with Gasteiger partial charge < -0.3 is 4.74 Å². The van der Waals surface area contributed by atoms with E-state index < -0.39 is 39.2 Å². The Morgan fingerprint density at radius 1 is 1.22 bits per heavy atom. The maximum Gasteiger partial charge on any atom is 0.265 e. The molecular weight excluding hydrogens is 447 g/mol. The molecule has 32 heavy (non-hydrogen) atoms. The molecule has 1 saturated carbocycles. The summed E-state index contributed by atoms with van der Waals surface area (Å²) in [5.41, 5.74) is 0.735. The summed E-state index contributed by atoms with van der Waals surface area (Å²) < 4.78 is 77.4. The van der Waals surface area contributed by atoms with Crippen LogP contribution < -0.4 is 9.46 Å². The van der Waals surface area contributed by atoms with Crippen molar-refractivity contribution in [3.05, 3.63) is 60.6 Å². The van der Waals surface area contributed by atoms with E-state index in [1.807, 2.05) is 0 Å². The van der Waals surface area contributed by atoms with Crippen LogP contribution in [0.1, 0.15) is 30.9 Å². The van der Waals surface area contributed by atoms with Gasteiger partial charge in [0, 0.05) is 50.0 Å². The van der Waals surface area contributed by atoms with Crippen LogP contribution in [0.2, 0.25) is 0 Å². The van der Waals surface area contributed by atoms with Gasteiger partial charge in [-0.1, -0.05) is 0 Å². The number of aromatic nitrogens is 4. The van der Waals surface area contributed by atoms with Crippen molar-refractivity contribution in [2.75, 3.05) is 4.72 Å². The van der Waals surface area contributed by atoms with Gasteiger partial charge in [-0.25, -0.2) is 31.6 Å². The van der Waals surface area contributed by atoms with Crippen LogP contribution in [0.4, 0.5) is 19.0 Å². The fourth-order valence-corrected chi connectivity index (χ4v) is 4.86. The summed E-state index contributed by atoms with van der Waals surface area (Å²) >= 11 is 0. The van der Waals surface area contributed by atoms with Crippen molar-refractivity contribution in [2.24, 2.45) is 7.05 Å². The Kier molecular flexibility index (Phi) is 5.80. The molecule has 0 saturated heterocycles. The zero-order valence-electron chi connectivity index (χ0n) is 17.0. The second-order valence-electron chi connectivity index (χ2n) is 7.53. The highest BCUT2D eigenvalue weighted by atomic mass is 32.2. The lowest BCUT2D eigenvalue weighted by Gasteiger charge is -2.36. The largest absolute Gasteiger partial charge is 0.489 e. The highest BCUT2D eigenvalue weighted by molar-refractivity contribution is 7.92. The molecule has 2 atom stereocenters. The first-order valence-corrected chi connectivity index (χ1v) is 11.2. The Labute approximate surface area is 182 Å². The van der Waals surface area contributed by atoms with E-state index in [1.165, 1.54) is 18.3 Å². The molecule has 3 aromatic rings. The second kappa shape index (κ2) is 8.41. The first-order chi connectivity index (χ1) is 15.1. The van der Waals surface area contributed by atoms with Crippen LogP contribution in [-0.2, 0) is 17.1 Å². The first kappa shape index (κ1) is 22.1. The summed E-state index contributed by atoms with van der Waals surface area (Å²) in [6, 6.07) is 6.19. The van der Waals surface area contributed by atoms with Gasteiger partial charge in [-0.2, -0.15) is 5.10 Å². The van der Waals surface area contributed by atoms with Crippen molar-refractivity contribution in [3.8, 4) is 5.75 Å². The number of anilines is 1. The second-order valence-corrected chi connectivity index (χ2v) is 9.18. The standard InChI is InChI=1S/C20H20F3N5O3S/c1-28-16(5-9-26-28)14-4-7-20(22,23)11-17(14)31-13-2-3-18(15(21)10-13)32(29,30)27-19-6-8-24-12-25-19/h2-3,5-6,8-10,12,14,17H,4,7,11H2,1H3,(H,24,25,27). The Hall–Kier alpha value is -3.15. The minimum atomic E-state index is -4.27. The molecule has 1 aromatic carbocycles. The molecule has 8 nitrogen and oxygen atoms in total. The number of ether oxygens (including phenoxy) is 1. The van der Waals surface area contributed by atoms with Crippen molar-refractivity contribution >= 4 is 15.8 Å². The Morgan fingerprint density at radius 3 is 2.69 bits per heavy atom. The number of hydrogen-bond donors (Lipinski definition) is 1. The third-order valence-electron chi connectivity index (χ3n) is 5.31. The number of halogens is 3. The molecule has 170 valence electrons. The average Bonchev–Trinajstić information content (AvgIpc) is 3.13. The normalized spacial score (nSPS) is 20.6. The smallest absolute Gasteiger partial charge is 0.265 e. The molecule has 0 bridgehead atoms. The number of sulfonamides is 1. The van der Waals surface area contributed by atoms with Crippen molar-refractivity contribution in [1.82, 2.24) is 19.7 Å². The van der Waals surface area contributed by atoms with Gasteiger partial charge in [0.1, 0.15) is 34.7 Å². The van der Waals surface area contributed by atoms with Gasteiger partial charge in [0.15, 0.2) is 0 Å². The monoisotopic (exact) mass is 467 g/mol. The van der Waals surface area contributed by atoms with Gasteiger partial charge in [0.05, 0.1) is 0 Å². The van der Waals surface area contributed by atoms with Gasteiger partial charge in [0.25, 0.3) is 15.9 Å². The molecule has 12 heteroatoms. The fourth-order valence-electron chi connectivity index (χ4n) is 3.79. The molecule has 4 rings (SSSR count). The summed E-state index contributed by atoms with van der Waals surface area (Å²) in [6.07, 6.45) is 2.46. The van der Waals surface area contributed by atoms with Gasteiger partial charge in [-0.15, -0.1) is 0 Å². The number of nitrogens with zero attached hydrogens (tertiary/aromatic N) is 4. The molecule has 0 aliphatic heterocycles. The number of aryl methyl sites for hydroxylation is 1. The van der Waals surface area contributed by atoms with E-state index in [1.54, 1.807) is 24.0 Å². The van der Waals surface area contributed by atoms with Crippen LogP contribution in [0.15, 0.2) is 53.9 Å². The summed E-state index contributed by atoms with van der Waals surface area (Å²) in [5, 5.41) is 4.09. The fraction of sp³-hybridized carbons (Fsp3) is 0.350. The maximum absolute atomic E-state index is 14.7. The topological polar surface area (TPSA) is 99.0 Å². The average molecular weight is 467 g/mol. The van der Waals surface area contributed by atoms with Crippen molar-refractivity contribution in [2.45, 2.75) is 42.1 Å². The van der Waals surface area contributed by atoms with Gasteiger partial charge >= 0.3 is 0 Å². The predicted octanol–water partition coefficient (Wildman–Crippen LogP) is 3.50. The number of rotatable bonds is 6. The number of benzene rings is 1. The van der Waals surface area contributed by atoms with E-state index in [0.717, 1.165) is 24.2 Å². The third-order valence-corrected chi connectivity index (χ3v) is 6.70. The first-order valence-electron chi connectivity index (χ1n) is 9.75. The van der Waals surface area contributed by atoms with Crippen molar-refractivity contribution in [1.29, 1.82) is 0 Å². The van der Waals surface area contributed by atoms with Gasteiger partial charge in [-0.3, -0.25) is 9.40 Å². The molecule has 2 unspecified atom stereocenters. The molecular formula is C20H20F3N5O3S. The van der Waals surface area contributed by atoms with Crippen LogP contribution in [0, 0.1) is 5.82 Å².